The molecule has 0 aliphatic heterocycles. The number of benzene rings is 2. The lowest BCUT2D eigenvalue weighted by atomic mass is 10.1. The molecule has 28 heavy (non-hydrogen) atoms. The van der Waals surface area contributed by atoms with Gasteiger partial charge in [0.2, 0.25) is 0 Å². The number of carbonyl (C=O) groups is 2. The zero-order valence-electron chi connectivity index (χ0n) is 15.4. The van der Waals surface area contributed by atoms with E-state index in [0.717, 1.165) is 10.7 Å². The second-order valence-corrected chi connectivity index (χ2v) is 6.88. The fourth-order valence-corrected chi connectivity index (χ4v) is 2.89. The summed E-state index contributed by atoms with van der Waals surface area (Å²) in [4.78, 5) is 26.0. The van der Waals surface area contributed by atoms with Gasteiger partial charge in [0, 0.05) is 10.7 Å². The molecule has 0 spiro atoms. The molecule has 2 aromatic carbocycles. The van der Waals surface area contributed by atoms with Gasteiger partial charge in [-0.1, -0.05) is 23.7 Å². The van der Waals surface area contributed by atoms with Crippen LogP contribution in [0, 0.1) is 0 Å². The van der Waals surface area contributed by atoms with Crippen LogP contribution in [0.15, 0.2) is 71.3 Å². The average molecular weight is 399 g/mol. The number of halogens is 1. The molecular formula is C21H21ClN3O3+. The molecule has 1 aromatic heterocycles. The Labute approximate surface area is 168 Å². The van der Waals surface area contributed by atoms with Gasteiger partial charge in [0.1, 0.15) is 6.54 Å². The van der Waals surface area contributed by atoms with Crippen molar-refractivity contribution in [1.82, 2.24) is 0 Å². The molecule has 0 bridgehead atoms. The van der Waals surface area contributed by atoms with E-state index in [2.05, 4.69) is 10.6 Å². The highest BCUT2D eigenvalue weighted by Gasteiger charge is 2.16. The molecule has 0 saturated heterocycles. The monoisotopic (exact) mass is 398 g/mol. The zero-order chi connectivity index (χ0) is 19.9. The maximum atomic E-state index is 12.6. The largest absolute Gasteiger partial charge is 0.463 e. The van der Waals surface area contributed by atoms with E-state index in [9.17, 15) is 9.59 Å². The molecule has 3 N–H and O–H groups in total. The lowest BCUT2D eigenvalue weighted by molar-refractivity contribution is -0.886. The van der Waals surface area contributed by atoms with Gasteiger partial charge < -0.3 is 20.0 Å². The first-order chi connectivity index (χ1) is 13.5. The molecule has 0 fully saturated rings. The highest BCUT2D eigenvalue weighted by Crippen LogP contribution is 2.18. The zero-order valence-corrected chi connectivity index (χ0v) is 16.1. The summed E-state index contributed by atoms with van der Waals surface area (Å²) < 4.78 is 5.30. The Hall–Kier alpha value is -3.09. The van der Waals surface area contributed by atoms with E-state index >= 15 is 0 Å². The molecule has 1 unspecified atom stereocenters. The van der Waals surface area contributed by atoms with Gasteiger partial charge in [-0.25, -0.2) is 0 Å². The van der Waals surface area contributed by atoms with Crippen LogP contribution >= 0.6 is 11.6 Å². The van der Waals surface area contributed by atoms with Crippen molar-refractivity contribution in [2.75, 3.05) is 24.2 Å². The Morgan fingerprint density at radius 3 is 2.46 bits per heavy atom. The molecule has 3 aromatic rings. The molecule has 0 aliphatic rings. The number of likely N-dealkylation sites (N-methyl/N-ethyl adjacent to an activating group) is 1. The van der Waals surface area contributed by atoms with Crippen LogP contribution in [0.1, 0.15) is 16.1 Å². The van der Waals surface area contributed by atoms with Gasteiger partial charge in [-0.3, -0.25) is 9.59 Å². The summed E-state index contributed by atoms with van der Waals surface area (Å²) in [7, 11) is 1.90. The lowest BCUT2D eigenvalue weighted by Crippen LogP contribution is -3.08. The Balaban J connectivity index is 1.63. The van der Waals surface area contributed by atoms with Crippen LogP contribution in [0.3, 0.4) is 0 Å². The number of amides is 2. The fourth-order valence-electron chi connectivity index (χ4n) is 2.76. The molecule has 7 heteroatoms. The molecule has 6 nitrogen and oxygen atoms in total. The first-order valence-electron chi connectivity index (χ1n) is 8.81. The fraction of sp³-hybridized carbons (Fsp3) is 0.143. The number of anilines is 2. The smallest absolute Gasteiger partial charge is 0.279 e. The highest BCUT2D eigenvalue weighted by molar-refractivity contribution is 6.30. The molecular weight excluding hydrogens is 378 g/mol. The molecule has 1 heterocycles. The lowest BCUT2D eigenvalue weighted by Gasteiger charge is -2.14. The number of hydrogen-bond donors (Lipinski definition) is 3. The van der Waals surface area contributed by atoms with Gasteiger partial charge in [0.05, 0.1) is 24.6 Å². The van der Waals surface area contributed by atoms with E-state index in [-0.39, 0.29) is 18.4 Å². The third-order valence-electron chi connectivity index (χ3n) is 4.07. The third kappa shape index (κ3) is 5.45. The Morgan fingerprint density at radius 2 is 1.75 bits per heavy atom. The molecule has 0 aliphatic carbocycles. The van der Waals surface area contributed by atoms with Crippen LogP contribution in [0.25, 0.3) is 0 Å². The number of quaternary nitrogens is 1. The summed E-state index contributed by atoms with van der Waals surface area (Å²) in [5.74, 6) is 0.318. The van der Waals surface area contributed by atoms with E-state index < -0.39 is 0 Å². The van der Waals surface area contributed by atoms with Crippen LogP contribution in [0.4, 0.5) is 11.4 Å². The van der Waals surface area contributed by atoms with E-state index in [4.69, 9.17) is 16.0 Å². The summed E-state index contributed by atoms with van der Waals surface area (Å²) >= 11 is 5.87. The van der Waals surface area contributed by atoms with E-state index in [1.54, 1.807) is 54.8 Å². The number of carbonyl (C=O) groups excluding carboxylic acids is 2. The first-order valence-corrected chi connectivity index (χ1v) is 9.18. The second kappa shape index (κ2) is 9.21. The van der Waals surface area contributed by atoms with Gasteiger partial charge in [-0.05, 0) is 48.5 Å². The van der Waals surface area contributed by atoms with Crippen LogP contribution < -0.4 is 15.5 Å². The van der Waals surface area contributed by atoms with Crippen molar-refractivity contribution in [1.29, 1.82) is 0 Å². The predicted octanol–water partition coefficient (Wildman–Crippen LogP) is 2.84. The maximum absolute atomic E-state index is 12.6. The van der Waals surface area contributed by atoms with Gasteiger partial charge in [-0.2, -0.15) is 0 Å². The summed E-state index contributed by atoms with van der Waals surface area (Å²) in [6.45, 7) is 0.840. The predicted molar refractivity (Wildman–Crippen MR) is 109 cm³/mol. The maximum Gasteiger partial charge on any atom is 0.279 e. The standard InChI is InChI=1S/C21H20ClN3O3/c1-25(13-17-5-4-12-28-17)14-20(26)24-19-7-3-2-6-18(19)21(27)23-16-10-8-15(22)9-11-16/h2-12H,13-14H2,1H3,(H,23,27)(H,24,26)/p+1. The van der Waals surface area contributed by atoms with Crippen molar-refractivity contribution < 1.29 is 18.9 Å². The SMILES string of the molecule is C[NH+](CC(=O)Nc1ccccc1C(=O)Nc1ccc(Cl)cc1)Cc1ccco1. The topological polar surface area (TPSA) is 75.8 Å². The quantitative estimate of drug-likeness (QED) is 0.572. The number of rotatable bonds is 7. The summed E-state index contributed by atoms with van der Waals surface area (Å²) in [6.07, 6.45) is 1.61. The third-order valence-corrected chi connectivity index (χ3v) is 4.32. The molecule has 0 radical (unpaired) electrons. The van der Waals surface area contributed by atoms with Gasteiger partial charge >= 0.3 is 0 Å². The van der Waals surface area contributed by atoms with Crippen molar-refractivity contribution in [3.05, 3.63) is 83.3 Å². The molecule has 3 rings (SSSR count). The normalized spacial score (nSPS) is 11.6. The number of hydrogen-bond acceptors (Lipinski definition) is 3. The van der Waals surface area contributed by atoms with Gasteiger partial charge in [-0.15, -0.1) is 0 Å². The molecule has 0 saturated carbocycles. The summed E-state index contributed by atoms with van der Waals surface area (Å²) in [5, 5.41) is 6.22. The van der Waals surface area contributed by atoms with Crippen molar-refractivity contribution >= 4 is 34.8 Å². The van der Waals surface area contributed by atoms with Crippen LogP contribution in [-0.2, 0) is 11.3 Å². The van der Waals surface area contributed by atoms with Gasteiger partial charge in [0.15, 0.2) is 12.3 Å². The highest BCUT2D eigenvalue weighted by atomic mass is 35.5. The first kappa shape index (κ1) is 19.7. The van der Waals surface area contributed by atoms with Crippen molar-refractivity contribution in [3.8, 4) is 0 Å². The van der Waals surface area contributed by atoms with Crippen LogP contribution in [0.5, 0.6) is 0 Å². The molecule has 144 valence electrons. The van der Waals surface area contributed by atoms with Crippen molar-refractivity contribution in [2.24, 2.45) is 0 Å². The number of nitrogens with one attached hydrogen (secondary N) is 3. The van der Waals surface area contributed by atoms with Crippen LogP contribution in [-0.4, -0.2) is 25.4 Å². The Morgan fingerprint density at radius 1 is 1.00 bits per heavy atom. The Bertz CT molecular complexity index is 940. The van der Waals surface area contributed by atoms with Crippen molar-refractivity contribution in [2.45, 2.75) is 6.54 Å². The average Bonchev–Trinajstić information content (AvgIpc) is 3.16. The minimum Gasteiger partial charge on any atom is -0.463 e. The number of para-hydroxylation sites is 1. The minimum atomic E-state index is -0.311. The van der Waals surface area contributed by atoms with E-state index in [1.807, 2.05) is 19.2 Å². The van der Waals surface area contributed by atoms with Gasteiger partial charge in [0.25, 0.3) is 11.8 Å². The Kier molecular flexibility index (Phi) is 6.47. The molecule has 1 atom stereocenters. The van der Waals surface area contributed by atoms with Crippen molar-refractivity contribution in [3.63, 3.8) is 0 Å². The second-order valence-electron chi connectivity index (χ2n) is 6.44. The van der Waals surface area contributed by atoms with E-state index in [0.29, 0.717) is 28.5 Å². The summed E-state index contributed by atoms with van der Waals surface area (Å²) in [6, 6.07) is 17.4. The minimum absolute atomic E-state index is 0.184. The number of furan rings is 1. The van der Waals surface area contributed by atoms with Crippen LogP contribution in [0.2, 0.25) is 5.02 Å². The summed E-state index contributed by atoms with van der Waals surface area (Å²) in [5.41, 5.74) is 1.47. The molecule has 2 amide bonds. The van der Waals surface area contributed by atoms with E-state index in [1.165, 1.54) is 0 Å².